The third-order valence-corrected chi connectivity index (χ3v) is 15.9. The Hall–Kier alpha value is -1.81. The highest BCUT2D eigenvalue weighted by Crippen LogP contribution is 2.74. The Labute approximate surface area is 292 Å². The number of aliphatic hydroxyl groups excluding tert-OH is 3. The number of aliphatic hydroxyl groups is 5. The van der Waals surface area contributed by atoms with E-state index in [-0.39, 0.29) is 54.5 Å². The Kier molecular flexibility index (Phi) is 8.81. The zero-order valence-corrected chi connectivity index (χ0v) is 30.2. The summed E-state index contributed by atoms with van der Waals surface area (Å²) in [7, 11) is 0. The SMILES string of the molecule is CC(C)[C@@H](C)[C@@H]1O[C@H]1[C@](C)(O)[C@H]1CC[C@@]2(O)C3=CC(=O)[C@@H]4C[C@@H](O)[C@@H](O)C5(CCCC5)[C@]4(C)[C@H]3CC[C@]12CCc1cc(O)ccc1CCO. The van der Waals surface area contributed by atoms with Crippen LogP contribution in [0.25, 0.3) is 0 Å². The average Bonchev–Trinajstić information content (AvgIpc) is 3.60. The molecule has 0 amide bonds. The van der Waals surface area contributed by atoms with Gasteiger partial charge < -0.3 is 35.4 Å². The molecule has 5 fully saturated rings. The van der Waals surface area contributed by atoms with Gasteiger partial charge in [0.15, 0.2) is 5.78 Å². The number of hydrogen-bond donors (Lipinski definition) is 6. The molecule has 1 aromatic rings. The zero-order valence-electron chi connectivity index (χ0n) is 30.2. The molecule has 1 spiro atoms. The number of allylic oxidation sites excluding steroid dienone is 1. The highest BCUT2D eigenvalue weighted by atomic mass is 16.6. The van der Waals surface area contributed by atoms with Crippen molar-refractivity contribution in [1.29, 1.82) is 0 Å². The molecular formula is C41H60O8. The van der Waals surface area contributed by atoms with E-state index in [1.807, 2.05) is 13.0 Å². The zero-order chi connectivity index (χ0) is 35.3. The van der Waals surface area contributed by atoms with Crippen molar-refractivity contribution < 1.29 is 40.2 Å². The smallest absolute Gasteiger partial charge is 0.159 e. The summed E-state index contributed by atoms with van der Waals surface area (Å²) in [5.74, 6) is -0.0950. The van der Waals surface area contributed by atoms with Crippen LogP contribution in [0.5, 0.6) is 5.75 Å². The molecule has 1 heterocycles. The molecule has 6 aliphatic rings. The lowest BCUT2D eigenvalue weighted by Gasteiger charge is -2.67. The Balaban J connectivity index is 1.32. The summed E-state index contributed by atoms with van der Waals surface area (Å²) >= 11 is 0. The first-order valence-electron chi connectivity index (χ1n) is 19.2. The van der Waals surface area contributed by atoms with E-state index in [9.17, 15) is 35.4 Å². The molecule has 49 heavy (non-hydrogen) atoms. The summed E-state index contributed by atoms with van der Waals surface area (Å²) in [6.07, 6.45) is 6.99. The van der Waals surface area contributed by atoms with Crippen molar-refractivity contribution in [3.63, 3.8) is 0 Å². The Morgan fingerprint density at radius 1 is 1.00 bits per heavy atom. The van der Waals surface area contributed by atoms with Gasteiger partial charge >= 0.3 is 0 Å². The molecule has 0 bridgehead atoms. The van der Waals surface area contributed by atoms with E-state index in [0.717, 1.165) is 42.4 Å². The van der Waals surface area contributed by atoms with E-state index in [0.29, 0.717) is 50.9 Å². The van der Waals surface area contributed by atoms with Gasteiger partial charge in [0, 0.05) is 23.4 Å². The molecule has 6 N–H and O–H groups in total. The summed E-state index contributed by atoms with van der Waals surface area (Å²) in [5, 5.41) is 69.2. The van der Waals surface area contributed by atoms with Crippen LogP contribution in [0.4, 0.5) is 0 Å². The summed E-state index contributed by atoms with van der Waals surface area (Å²) < 4.78 is 6.29. The van der Waals surface area contributed by atoms with Crippen molar-refractivity contribution in [3.8, 4) is 5.75 Å². The number of benzene rings is 1. The molecule has 0 unspecified atom stereocenters. The van der Waals surface area contributed by atoms with Gasteiger partial charge in [-0.25, -0.2) is 0 Å². The van der Waals surface area contributed by atoms with Crippen LogP contribution in [0.2, 0.25) is 0 Å². The first-order valence-corrected chi connectivity index (χ1v) is 19.2. The van der Waals surface area contributed by atoms with E-state index in [1.54, 1.807) is 18.2 Å². The fraction of sp³-hybridized carbons (Fsp3) is 0.780. The number of ether oxygens (including phenoxy) is 1. The number of fused-ring (bicyclic) bond motifs is 6. The number of carbonyl (C=O) groups is 1. The number of rotatable bonds is 9. The van der Waals surface area contributed by atoms with E-state index in [4.69, 9.17) is 4.74 Å². The molecule has 8 nitrogen and oxygen atoms in total. The van der Waals surface area contributed by atoms with Gasteiger partial charge in [0.1, 0.15) is 11.9 Å². The second kappa shape index (κ2) is 12.1. The first-order chi connectivity index (χ1) is 23.1. The fourth-order valence-corrected chi connectivity index (χ4v) is 12.9. The molecule has 1 saturated heterocycles. The van der Waals surface area contributed by atoms with E-state index in [1.165, 1.54) is 0 Å². The number of hydrogen-bond acceptors (Lipinski definition) is 8. The standard InChI is InChI=1S/C41H60O8/c1-23(2)24(3)34-36(49-34)38(5,47)33-12-18-41(48)29-21-31(44)30-22-32(45)35(46)40(14-6-7-15-40)37(30,4)28(29)11-17-39(33,41)16-10-26-20-27(43)9-8-25(26)13-19-42/h8-9,20-21,23-24,28,30,32-36,42-43,45-48H,6-7,10-19,22H2,1-5H3/t24-,28+,30+,32-,33-,34+,35-,36-,37-,38-,39-,41-/m1/s1. The lowest BCUT2D eigenvalue weighted by Crippen LogP contribution is -2.68. The number of epoxide rings is 1. The minimum Gasteiger partial charge on any atom is -0.508 e. The number of carbonyl (C=O) groups excluding carboxylic acids is 1. The largest absolute Gasteiger partial charge is 0.508 e. The fourth-order valence-electron chi connectivity index (χ4n) is 12.9. The van der Waals surface area contributed by atoms with Crippen molar-refractivity contribution in [2.75, 3.05) is 6.61 Å². The Bertz CT molecular complexity index is 1480. The predicted molar refractivity (Wildman–Crippen MR) is 186 cm³/mol. The van der Waals surface area contributed by atoms with Crippen LogP contribution >= 0.6 is 0 Å². The molecule has 272 valence electrons. The number of phenolic OH excluding ortho intramolecular Hbond substituents is 1. The number of aromatic hydroxyl groups is 1. The number of phenols is 1. The van der Waals surface area contributed by atoms with Crippen molar-refractivity contribution in [3.05, 3.63) is 41.0 Å². The molecular weight excluding hydrogens is 620 g/mol. The third kappa shape index (κ3) is 4.94. The molecule has 5 aliphatic carbocycles. The number of ketones is 1. The summed E-state index contributed by atoms with van der Waals surface area (Å²) in [6, 6.07) is 5.25. The summed E-state index contributed by atoms with van der Waals surface area (Å²) in [6.45, 7) is 10.6. The first kappa shape index (κ1) is 35.6. The second-order valence-electron chi connectivity index (χ2n) is 17.9. The van der Waals surface area contributed by atoms with Crippen molar-refractivity contribution >= 4 is 5.78 Å². The Morgan fingerprint density at radius 3 is 2.39 bits per heavy atom. The molecule has 1 aromatic carbocycles. The quantitative estimate of drug-likeness (QED) is 0.199. The van der Waals surface area contributed by atoms with Gasteiger partial charge in [-0.15, -0.1) is 0 Å². The van der Waals surface area contributed by atoms with Crippen molar-refractivity contribution in [1.82, 2.24) is 0 Å². The molecule has 12 atom stereocenters. The van der Waals surface area contributed by atoms with Crippen LogP contribution in [-0.4, -0.2) is 78.6 Å². The molecule has 8 heteroatoms. The molecule has 0 aromatic heterocycles. The number of aryl methyl sites for hydroxylation is 1. The predicted octanol–water partition coefficient (Wildman–Crippen LogP) is 5.03. The lowest BCUT2D eigenvalue weighted by atomic mass is 9.38. The highest BCUT2D eigenvalue weighted by Gasteiger charge is 2.75. The van der Waals surface area contributed by atoms with Crippen LogP contribution in [0.1, 0.15) is 110 Å². The van der Waals surface area contributed by atoms with E-state index in [2.05, 4.69) is 27.7 Å². The lowest BCUT2D eigenvalue weighted by molar-refractivity contribution is -0.219. The summed E-state index contributed by atoms with van der Waals surface area (Å²) in [5.41, 5.74) is -1.93. The van der Waals surface area contributed by atoms with E-state index < -0.39 is 45.6 Å². The van der Waals surface area contributed by atoms with Gasteiger partial charge in [-0.2, -0.15) is 0 Å². The van der Waals surface area contributed by atoms with Crippen LogP contribution in [0.15, 0.2) is 29.8 Å². The van der Waals surface area contributed by atoms with Crippen molar-refractivity contribution in [2.45, 2.75) is 147 Å². The van der Waals surface area contributed by atoms with Crippen LogP contribution < -0.4 is 0 Å². The molecule has 1 aliphatic heterocycles. The third-order valence-electron chi connectivity index (χ3n) is 15.9. The molecule has 7 rings (SSSR count). The molecule has 0 radical (unpaired) electrons. The molecule has 4 saturated carbocycles. The van der Waals surface area contributed by atoms with Gasteiger partial charge in [-0.3, -0.25) is 4.79 Å². The van der Waals surface area contributed by atoms with Crippen molar-refractivity contribution in [2.24, 2.45) is 45.8 Å². The second-order valence-corrected chi connectivity index (χ2v) is 17.9. The van der Waals surface area contributed by atoms with Crippen LogP contribution in [0, 0.1) is 45.8 Å². The maximum atomic E-state index is 14.3. The maximum Gasteiger partial charge on any atom is 0.159 e. The Morgan fingerprint density at radius 2 is 1.71 bits per heavy atom. The van der Waals surface area contributed by atoms with Gasteiger partial charge in [-0.1, -0.05) is 46.6 Å². The minimum atomic E-state index is -1.36. The topological polar surface area (TPSA) is 151 Å². The normalized spacial score (nSPS) is 42.7. The maximum absolute atomic E-state index is 14.3. The van der Waals surface area contributed by atoms with Crippen LogP contribution in [-0.2, 0) is 22.4 Å². The van der Waals surface area contributed by atoms with E-state index >= 15 is 0 Å². The van der Waals surface area contributed by atoms with Gasteiger partial charge in [0.25, 0.3) is 0 Å². The van der Waals surface area contributed by atoms with Gasteiger partial charge in [0.2, 0.25) is 0 Å². The van der Waals surface area contributed by atoms with Gasteiger partial charge in [0.05, 0.1) is 29.5 Å². The summed E-state index contributed by atoms with van der Waals surface area (Å²) in [4.78, 5) is 14.3. The monoisotopic (exact) mass is 680 g/mol. The average molecular weight is 681 g/mol. The van der Waals surface area contributed by atoms with Gasteiger partial charge in [-0.05, 0) is 135 Å². The van der Waals surface area contributed by atoms with Crippen LogP contribution in [0.3, 0.4) is 0 Å². The highest BCUT2D eigenvalue weighted by molar-refractivity contribution is 5.95. The minimum absolute atomic E-state index is 0.0165.